The van der Waals surface area contributed by atoms with Crippen LogP contribution in [0.15, 0.2) is 18.3 Å². The van der Waals surface area contributed by atoms with Crippen LogP contribution in [0.3, 0.4) is 0 Å². The summed E-state index contributed by atoms with van der Waals surface area (Å²) in [5, 5.41) is 6.13. The summed E-state index contributed by atoms with van der Waals surface area (Å²) >= 11 is 0. The highest BCUT2D eigenvalue weighted by Crippen LogP contribution is 2.18. The first-order valence-electron chi connectivity index (χ1n) is 6.29. The van der Waals surface area contributed by atoms with Gasteiger partial charge in [0.05, 0.1) is 11.9 Å². The number of rotatable bonds is 6. The summed E-state index contributed by atoms with van der Waals surface area (Å²) in [4.78, 5) is 15.4. The van der Waals surface area contributed by atoms with Gasteiger partial charge in [-0.15, -0.1) is 0 Å². The van der Waals surface area contributed by atoms with E-state index in [9.17, 15) is 9.18 Å². The maximum absolute atomic E-state index is 12.7. The molecule has 1 atom stereocenters. The maximum atomic E-state index is 12.7. The molecule has 18 heavy (non-hydrogen) atoms. The van der Waals surface area contributed by atoms with Gasteiger partial charge in [-0.3, -0.25) is 9.78 Å². The number of nitrogens with zero attached hydrogens (tertiary/aromatic N) is 1. The molecular formula is C13H18FN3O. The van der Waals surface area contributed by atoms with Crippen molar-refractivity contribution in [3.63, 3.8) is 0 Å². The second-order valence-corrected chi connectivity index (χ2v) is 4.67. The van der Waals surface area contributed by atoms with Gasteiger partial charge in [-0.25, -0.2) is 4.39 Å². The Kier molecular flexibility index (Phi) is 4.25. The molecule has 1 aromatic heterocycles. The fourth-order valence-corrected chi connectivity index (χ4v) is 1.68. The van der Waals surface area contributed by atoms with E-state index in [0.717, 1.165) is 18.5 Å². The largest absolute Gasteiger partial charge is 0.353 e. The second-order valence-electron chi connectivity index (χ2n) is 4.67. The Labute approximate surface area is 106 Å². The summed E-state index contributed by atoms with van der Waals surface area (Å²) in [7, 11) is 0. The molecule has 1 unspecified atom stereocenters. The normalized spacial score (nSPS) is 16.3. The van der Waals surface area contributed by atoms with Gasteiger partial charge in [0.1, 0.15) is 5.82 Å². The van der Waals surface area contributed by atoms with Crippen molar-refractivity contribution in [3.8, 4) is 0 Å². The van der Waals surface area contributed by atoms with Crippen LogP contribution in [-0.2, 0) is 4.79 Å². The van der Waals surface area contributed by atoms with E-state index in [-0.39, 0.29) is 17.8 Å². The smallest absolute Gasteiger partial charge is 0.221 e. The first-order valence-corrected chi connectivity index (χ1v) is 6.29. The van der Waals surface area contributed by atoms with Gasteiger partial charge in [0.2, 0.25) is 5.91 Å². The van der Waals surface area contributed by atoms with Crippen molar-refractivity contribution in [1.29, 1.82) is 0 Å². The third-order valence-electron chi connectivity index (χ3n) is 2.94. The van der Waals surface area contributed by atoms with Gasteiger partial charge in [0.25, 0.3) is 0 Å². The Morgan fingerprint density at radius 1 is 1.56 bits per heavy atom. The third-order valence-corrected chi connectivity index (χ3v) is 2.94. The van der Waals surface area contributed by atoms with Gasteiger partial charge >= 0.3 is 0 Å². The van der Waals surface area contributed by atoms with Gasteiger partial charge in [0, 0.05) is 25.0 Å². The molecule has 5 heteroatoms. The summed E-state index contributed by atoms with van der Waals surface area (Å²) < 4.78 is 12.7. The molecule has 98 valence electrons. The van der Waals surface area contributed by atoms with Crippen molar-refractivity contribution >= 4 is 5.91 Å². The van der Waals surface area contributed by atoms with Crippen LogP contribution >= 0.6 is 0 Å². The molecule has 1 aliphatic rings. The summed E-state index contributed by atoms with van der Waals surface area (Å²) in [6.07, 6.45) is 3.87. The van der Waals surface area contributed by atoms with Gasteiger partial charge in [0.15, 0.2) is 0 Å². The molecule has 0 aliphatic heterocycles. The minimum absolute atomic E-state index is 0.0133. The molecular weight excluding hydrogens is 233 g/mol. The first kappa shape index (κ1) is 13.0. The topological polar surface area (TPSA) is 54.0 Å². The number of halogens is 1. The fraction of sp³-hybridized carbons (Fsp3) is 0.538. The molecule has 0 aromatic carbocycles. The van der Waals surface area contributed by atoms with E-state index in [1.165, 1.54) is 12.3 Å². The SMILES string of the molecule is CC(NCCC(=O)NC1CC1)c1ccc(F)cn1. The number of hydrogen-bond donors (Lipinski definition) is 2. The highest BCUT2D eigenvalue weighted by molar-refractivity contribution is 5.76. The molecule has 4 nitrogen and oxygen atoms in total. The number of carbonyl (C=O) groups is 1. The van der Waals surface area contributed by atoms with Crippen LogP contribution in [0.1, 0.15) is 37.9 Å². The predicted molar refractivity (Wildman–Crippen MR) is 66.4 cm³/mol. The lowest BCUT2D eigenvalue weighted by molar-refractivity contribution is -0.121. The number of hydrogen-bond acceptors (Lipinski definition) is 3. The van der Waals surface area contributed by atoms with E-state index in [0.29, 0.717) is 19.0 Å². The number of amides is 1. The number of nitrogens with one attached hydrogen (secondary N) is 2. The molecule has 0 radical (unpaired) electrons. The van der Waals surface area contributed by atoms with Crippen LogP contribution < -0.4 is 10.6 Å². The quantitative estimate of drug-likeness (QED) is 0.806. The van der Waals surface area contributed by atoms with Crippen LogP contribution in [0, 0.1) is 5.82 Å². The average Bonchev–Trinajstić information content (AvgIpc) is 3.13. The lowest BCUT2D eigenvalue weighted by Crippen LogP contribution is -2.30. The number of carbonyl (C=O) groups excluding carboxylic acids is 1. The van der Waals surface area contributed by atoms with Crippen molar-refractivity contribution in [2.45, 2.75) is 38.3 Å². The molecule has 0 bridgehead atoms. The lowest BCUT2D eigenvalue weighted by atomic mass is 10.2. The van der Waals surface area contributed by atoms with Gasteiger partial charge in [-0.05, 0) is 31.9 Å². The molecule has 0 spiro atoms. The molecule has 2 rings (SSSR count). The second kappa shape index (κ2) is 5.91. The van der Waals surface area contributed by atoms with E-state index >= 15 is 0 Å². The zero-order chi connectivity index (χ0) is 13.0. The van der Waals surface area contributed by atoms with Crippen LogP contribution in [-0.4, -0.2) is 23.5 Å². The molecule has 1 saturated carbocycles. The van der Waals surface area contributed by atoms with Gasteiger partial charge in [-0.1, -0.05) is 0 Å². The van der Waals surface area contributed by atoms with E-state index < -0.39 is 0 Å². The summed E-state index contributed by atoms with van der Waals surface area (Å²) in [6, 6.07) is 3.46. The van der Waals surface area contributed by atoms with E-state index in [2.05, 4.69) is 15.6 Å². The molecule has 0 saturated heterocycles. The summed E-state index contributed by atoms with van der Waals surface area (Å²) in [5.74, 6) is -0.251. The lowest BCUT2D eigenvalue weighted by Gasteiger charge is -2.13. The van der Waals surface area contributed by atoms with Crippen LogP contribution in [0.25, 0.3) is 0 Å². The van der Waals surface area contributed by atoms with Crippen LogP contribution in [0.2, 0.25) is 0 Å². The highest BCUT2D eigenvalue weighted by atomic mass is 19.1. The Morgan fingerprint density at radius 2 is 2.33 bits per heavy atom. The van der Waals surface area contributed by atoms with E-state index in [1.807, 2.05) is 6.92 Å². The van der Waals surface area contributed by atoms with Gasteiger partial charge < -0.3 is 10.6 Å². The maximum Gasteiger partial charge on any atom is 0.221 e. The number of pyridine rings is 1. The average molecular weight is 251 g/mol. The Bertz CT molecular complexity index is 403. The third kappa shape index (κ3) is 4.07. The van der Waals surface area contributed by atoms with Crippen molar-refractivity contribution in [3.05, 3.63) is 29.8 Å². The highest BCUT2D eigenvalue weighted by Gasteiger charge is 2.22. The summed E-state index contributed by atoms with van der Waals surface area (Å²) in [6.45, 7) is 2.54. The summed E-state index contributed by atoms with van der Waals surface area (Å²) in [5.41, 5.74) is 0.777. The van der Waals surface area contributed by atoms with Crippen molar-refractivity contribution in [2.24, 2.45) is 0 Å². The Balaban J connectivity index is 1.68. The molecule has 2 N–H and O–H groups in total. The van der Waals surface area contributed by atoms with E-state index in [1.54, 1.807) is 6.07 Å². The van der Waals surface area contributed by atoms with Crippen molar-refractivity contribution in [1.82, 2.24) is 15.6 Å². The molecule has 1 heterocycles. The van der Waals surface area contributed by atoms with Crippen molar-refractivity contribution < 1.29 is 9.18 Å². The standard InChI is InChI=1S/C13H18FN3O/c1-9(12-5-2-10(14)8-16-12)15-7-6-13(18)17-11-3-4-11/h2,5,8-9,11,15H,3-4,6-7H2,1H3,(H,17,18). The minimum atomic E-state index is -0.338. The van der Waals surface area contributed by atoms with Crippen molar-refractivity contribution in [2.75, 3.05) is 6.54 Å². The van der Waals surface area contributed by atoms with Crippen LogP contribution in [0.4, 0.5) is 4.39 Å². The zero-order valence-corrected chi connectivity index (χ0v) is 10.4. The molecule has 1 fully saturated rings. The zero-order valence-electron chi connectivity index (χ0n) is 10.4. The minimum Gasteiger partial charge on any atom is -0.353 e. The molecule has 1 aromatic rings. The molecule has 1 aliphatic carbocycles. The monoisotopic (exact) mass is 251 g/mol. The van der Waals surface area contributed by atoms with E-state index in [4.69, 9.17) is 0 Å². The van der Waals surface area contributed by atoms with Gasteiger partial charge in [-0.2, -0.15) is 0 Å². The fourth-order valence-electron chi connectivity index (χ4n) is 1.68. The predicted octanol–water partition coefficient (Wildman–Crippen LogP) is 1.54. The Morgan fingerprint density at radius 3 is 2.94 bits per heavy atom. The molecule has 1 amide bonds. The first-order chi connectivity index (χ1) is 8.65. The Hall–Kier alpha value is -1.49. The number of aromatic nitrogens is 1. The van der Waals surface area contributed by atoms with Crippen LogP contribution in [0.5, 0.6) is 0 Å².